The van der Waals surface area contributed by atoms with Crippen molar-refractivity contribution in [3.05, 3.63) is 59.8 Å². The van der Waals surface area contributed by atoms with Crippen LogP contribution in [0.3, 0.4) is 0 Å². The first-order valence-corrected chi connectivity index (χ1v) is 12.4. The third-order valence-corrected chi connectivity index (χ3v) is 7.82. The number of imide groups is 1. The summed E-state index contributed by atoms with van der Waals surface area (Å²) in [5.74, 6) is 1.02. The number of nitrogens with zero attached hydrogens (tertiary/aromatic N) is 2. The van der Waals surface area contributed by atoms with E-state index in [0.29, 0.717) is 49.4 Å². The number of hydrogen-bond acceptors (Lipinski definition) is 5. The van der Waals surface area contributed by atoms with Gasteiger partial charge in [0.1, 0.15) is 5.54 Å². The van der Waals surface area contributed by atoms with E-state index in [0.717, 1.165) is 16.5 Å². The molecule has 9 nitrogen and oxygen atoms in total. The van der Waals surface area contributed by atoms with Crippen molar-refractivity contribution in [3.63, 3.8) is 0 Å². The molecule has 0 aliphatic carbocycles. The molecule has 3 aliphatic heterocycles. The van der Waals surface area contributed by atoms with Crippen LogP contribution in [0.1, 0.15) is 42.1 Å². The van der Waals surface area contributed by atoms with Crippen LogP contribution in [-0.2, 0) is 11.3 Å². The maximum Gasteiger partial charge on any atom is 0.325 e. The highest BCUT2D eigenvalue weighted by Gasteiger charge is 2.55. The van der Waals surface area contributed by atoms with Gasteiger partial charge in [-0.15, -0.1) is 0 Å². The number of likely N-dealkylation sites (tertiary alicyclic amines) is 1. The van der Waals surface area contributed by atoms with E-state index in [9.17, 15) is 14.4 Å². The highest BCUT2D eigenvalue weighted by Crippen LogP contribution is 2.38. The zero-order valence-corrected chi connectivity index (χ0v) is 20.1. The molecule has 2 fully saturated rings. The second kappa shape index (κ2) is 8.58. The number of hydrogen-bond donors (Lipinski definition) is 2. The predicted molar refractivity (Wildman–Crippen MR) is 132 cm³/mol. The summed E-state index contributed by atoms with van der Waals surface area (Å²) in [5, 5.41) is 4.09. The first-order valence-electron chi connectivity index (χ1n) is 12.4. The summed E-state index contributed by atoms with van der Waals surface area (Å²) in [6.07, 6.45) is 3.65. The molecule has 4 heterocycles. The standard InChI is InChI=1S/C27H28N4O5/c1-2-27(25(33)31(26(34)29-27)15-17-3-6-22-23(13-17)36-16-35-22)20-8-11-30(12-9-20)24(32)19-5-4-18-7-10-28-21(18)14-19/h3-7,10,13-14,20,28H,2,8-9,11-12,15-16H2,1H3,(H,29,34). The molecule has 4 amide bonds. The van der Waals surface area contributed by atoms with E-state index >= 15 is 0 Å². The van der Waals surface area contributed by atoms with E-state index in [2.05, 4.69) is 10.3 Å². The molecule has 0 spiro atoms. The fourth-order valence-corrected chi connectivity index (χ4v) is 5.75. The van der Waals surface area contributed by atoms with Crippen molar-refractivity contribution in [3.8, 4) is 11.5 Å². The monoisotopic (exact) mass is 488 g/mol. The number of aromatic amines is 1. The van der Waals surface area contributed by atoms with Gasteiger partial charge in [0.15, 0.2) is 11.5 Å². The van der Waals surface area contributed by atoms with Gasteiger partial charge in [-0.2, -0.15) is 0 Å². The quantitative estimate of drug-likeness (QED) is 0.534. The van der Waals surface area contributed by atoms with Gasteiger partial charge in [0, 0.05) is 30.4 Å². The Labute approximate surface area is 208 Å². The van der Waals surface area contributed by atoms with E-state index in [1.165, 1.54) is 4.90 Å². The van der Waals surface area contributed by atoms with Crippen LogP contribution in [0.5, 0.6) is 11.5 Å². The summed E-state index contributed by atoms with van der Waals surface area (Å²) in [6, 6.07) is 12.7. The Hall–Kier alpha value is -4.01. The number of aromatic nitrogens is 1. The van der Waals surface area contributed by atoms with Crippen LogP contribution in [0.25, 0.3) is 10.9 Å². The molecular formula is C27H28N4O5. The molecule has 1 unspecified atom stereocenters. The largest absolute Gasteiger partial charge is 0.454 e. The lowest BCUT2D eigenvalue weighted by atomic mass is 9.75. The van der Waals surface area contributed by atoms with Gasteiger partial charge in [0.25, 0.3) is 11.8 Å². The number of rotatable bonds is 5. The highest BCUT2D eigenvalue weighted by molar-refractivity contribution is 6.07. The Kier molecular flexibility index (Phi) is 5.35. The topological polar surface area (TPSA) is 104 Å². The molecule has 0 saturated carbocycles. The number of amides is 4. The molecule has 6 rings (SSSR count). The molecule has 186 valence electrons. The molecule has 2 aromatic carbocycles. The minimum absolute atomic E-state index is 0.0123. The molecule has 2 saturated heterocycles. The third-order valence-electron chi connectivity index (χ3n) is 7.82. The van der Waals surface area contributed by atoms with Gasteiger partial charge >= 0.3 is 6.03 Å². The van der Waals surface area contributed by atoms with Crippen molar-refractivity contribution in [1.29, 1.82) is 0 Å². The van der Waals surface area contributed by atoms with Gasteiger partial charge in [0.05, 0.1) is 6.54 Å². The van der Waals surface area contributed by atoms with Gasteiger partial charge in [0.2, 0.25) is 6.79 Å². The van der Waals surface area contributed by atoms with E-state index in [-0.39, 0.29) is 37.1 Å². The summed E-state index contributed by atoms with van der Waals surface area (Å²) < 4.78 is 10.8. The second-order valence-electron chi connectivity index (χ2n) is 9.68. The molecule has 36 heavy (non-hydrogen) atoms. The smallest absolute Gasteiger partial charge is 0.325 e. The second-order valence-corrected chi connectivity index (χ2v) is 9.68. The fraction of sp³-hybridized carbons (Fsp3) is 0.370. The Morgan fingerprint density at radius 1 is 1.06 bits per heavy atom. The van der Waals surface area contributed by atoms with Crippen LogP contribution >= 0.6 is 0 Å². The van der Waals surface area contributed by atoms with E-state index in [1.807, 2.05) is 54.4 Å². The molecule has 2 N–H and O–H groups in total. The molecule has 0 bridgehead atoms. The van der Waals surface area contributed by atoms with Crippen molar-refractivity contribution in [2.75, 3.05) is 19.9 Å². The number of carbonyl (C=O) groups excluding carboxylic acids is 3. The predicted octanol–water partition coefficient (Wildman–Crippen LogP) is 3.65. The Morgan fingerprint density at radius 3 is 2.67 bits per heavy atom. The van der Waals surface area contributed by atoms with E-state index in [1.54, 1.807) is 6.07 Å². The Morgan fingerprint density at radius 2 is 1.86 bits per heavy atom. The lowest BCUT2D eigenvalue weighted by Gasteiger charge is -2.40. The highest BCUT2D eigenvalue weighted by atomic mass is 16.7. The van der Waals surface area contributed by atoms with Crippen LogP contribution in [0.15, 0.2) is 48.7 Å². The molecule has 1 aromatic heterocycles. The van der Waals surface area contributed by atoms with Crippen LogP contribution in [0.4, 0.5) is 4.79 Å². The number of urea groups is 1. The average Bonchev–Trinajstić information content (AvgIpc) is 3.63. The van der Waals surface area contributed by atoms with E-state index in [4.69, 9.17) is 9.47 Å². The zero-order chi connectivity index (χ0) is 24.9. The normalized spacial score (nSPS) is 21.9. The van der Waals surface area contributed by atoms with Gasteiger partial charge < -0.3 is 24.7 Å². The number of nitrogens with one attached hydrogen (secondary N) is 2. The van der Waals surface area contributed by atoms with Gasteiger partial charge in [-0.3, -0.25) is 14.5 Å². The molecule has 3 aliphatic rings. The number of benzene rings is 2. The molecule has 3 aromatic rings. The summed E-state index contributed by atoms with van der Waals surface area (Å²) >= 11 is 0. The average molecular weight is 489 g/mol. The lowest BCUT2D eigenvalue weighted by Crippen LogP contribution is -2.56. The van der Waals surface area contributed by atoms with Crippen molar-refractivity contribution in [2.24, 2.45) is 5.92 Å². The van der Waals surface area contributed by atoms with Crippen molar-refractivity contribution >= 4 is 28.7 Å². The molecule has 1 atom stereocenters. The third kappa shape index (κ3) is 3.57. The zero-order valence-electron chi connectivity index (χ0n) is 20.1. The van der Waals surface area contributed by atoms with Gasteiger partial charge in [-0.05, 0) is 66.5 Å². The summed E-state index contributed by atoms with van der Waals surface area (Å²) in [6.45, 7) is 3.36. The van der Waals surface area contributed by atoms with Crippen molar-refractivity contribution < 1.29 is 23.9 Å². The van der Waals surface area contributed by atoms with E-state index < -0.39 is 5.54 Å². The maximum absolute atomic E-state index is 13.6. The summed E-state index contributed by atoms with van der Waals surface area (Å²) in [5.41, 5.74) is 1.43. The Balaban J connectivity index is 1.15. The van der Waals surface area contributed by atoms with Crippen LogP contribution < -0.4 is 14.8 Å². The first kappa shape index (κ1) is 22.5. The van der Waals surface area contributed by atoms with Gasteiger partial charge in [-0.1, -0.05) is 19.1 Å². The number of piperidine rings is 1. The molecule has 0 radical (unpaired) electrons. The van der Waals surface area contributed by atoms with Crippen LogP contribution in [-0.4, -0.2) is 58.1 Å². The number of fused-ring (bicyclic) bond motifs is 2. The number of H-pyrrole nitrogens is 1. The van der Waals surface area contributed by atoms with Crippen molar-refractivity contribution in [2.45, 2.75) is 38.3 Å². The minimum atomic E-state index is -0.953. The number of ether oxygens (including phenoxy) is 2. The first-order chi connectivity index (χ1) is 17.5. The summed E-state index contributed by atoms with van der Waals surface area (Å²) in [4.78, 5) is 46.0. The Bertz CT molecular complexity index is 1360. The van der Waals surface area contributed by atoms with Gasteiger partial charge in [-0.25, -0.2) is 4.79 Å². The molecular weight excluding hydrogens is 460 g/mol. The molecule has 9 heteroatoms. The minimum Gasteiger partial charge on any atom is -0.454 e. The van der Waals surface area contributed by atoms with Crippen LogP contribution in [0, 0.1) is 5.92 Å². The summed E-state index contributed by atoms with van der Waals surface area (Å²) in [7, 11) is 0. The lowest BCUT2D eigenvalue weighted by molar-refractivity contribution is -0.134. The maximum atomic E-state index is 13.6. The van der Waals surface area contributed by atoms with Crippen LogP contribution in [0.2, 0.25) is 0 Å². The number of carbonyl (C=O) groups is 3. The van der Waals surface area contributed by atoms with Crippen molar-refractivity contribution in [1.82, 2.24) is 20.1 Å². The SMILES string of the molecule is CCC1(C2CCN(C(=O)c3ccc4cc[nH]c4c3)CC2)NC(=O)N(Cc2ccc3c(c2)OCO3)C1=O. The fourth-order valence-electron chi connectivity index (χ4n) is 5.75.